The predicted molar refractivity (Wildman–Crippen MR) is 51.6 cm³/mol. The second-order valence-corrected chi connectivity index (χ2v) is 3.64. The molecule has 0 spiro atoms. The Balaban J connectivity index is 2.30. The summed E-state index contributed by atoms with van der Waals surface area (Å²) in [5.74, 6) is 0. The minimum atomic E-state index is 0.518. The Morgan fingerprint density at radius 1 is 1.33 bits per heavy atom. The highest BCUT2D eigenvalue weighted by molar-refractivity contribution is 4.93. The highest BCUT2D eigenvalue weighted by Crippen LogP contribution is 2.11. The molecule has 0 aliphatic carbocycles. The summed E-state index contributed by atoms with van der Waals surface area (Å²) >= 11 is 0. The second-order valence-electron chi connectivity index (χ2n) is 3.64. The summed E-state index contributed by atoms with van der Waals surface area (Å²) in [7, 11) is 6.32. The molecule has 0 aromatic rings. The zero-order chi connectivity index (χ0) is 9.14. The first-order valence-electron chi connectivity index (χ1n) is 4.42. The third-order valence-corrected chi connectivity index (χ3v) is 2.37. The van der Waals surface area contributed by atoms with Crippen LogP contribution in [0, 0.1) is 0 Å². The highest BCUT2D eigenvalue weighted by atomic mass is 15.4. The molecule has 0 amide bonds. The number of hydrogen-bond donors (Lipinski definition) is 0. The van der Waals surface area contributed by atoms with Gasteiger partial charge in [-0.15, -0.1) is 0 Å². The summed E-state index contributed by atoms with van der Waals surface area (Å²) in [6, 6.07) is 0. The van der Waals surface area contributed by atoms with Crippen LogP contribution in [-0.2, 0) is 0 Å². The molecule has 1 heterocycles. The van der Waals surface area contributed by atoms with Crippen LogP contribution in [0.2, 0.25) is 0 Å². The van der Waals surface area contributed by atoms with Gasteiger partial charge in [0.1, 0.15) is 0 Å². The van der Waals surface area contributed by atoms with Gasteiger partial charge >= 0.3 is 0 Å². The van der Waals surface area contributed by atoms with Gasteiger partial charge in [-0.1, -0.05) is 0 Å². The largest absolute Gasteiger partial charge is 0.359 e. The Morgan fingerprint density at radius 3 is 2.42 bits per heavy atom. The molecule has 3 nitrogen and oxygen atoms in total. The summed E-state index contributed by atoms with van der Waals surface area (Å²) in [4.78, 5) is 6.77. The zero-order valence-corrected chi connectivity index (χ0v) is 8.49. The Hall–Kier alpha value is -0.700. The van der Waals surface area contributed by atoms with E-state index in [0.717, 1.165) is 13.1 Å². The van der Waals surface area contributed by atoms with Gasteiger partial charge in [0.05, 0.1) is 6.17 Å². The van der Waals surface area contributed by atoms with Crippen LogP contribution >= 0.6 is 0 Å². The van der Waals surface area contributed by atoms with Gasteiger partial charge in [-0.2, -0.15) is 0 Å². The van der Waals surface area contributed by atoms with E-state index in [1.54, 1.807) is 0 Å². The number of rotatable bonds is 3. The molecule has 12 heavy (non-hydrogen) atoms. The molecule has 1 atom stereocenters. The van der Waals surface area contributed by atoms with Crippen molar-refractivity contribution in [3.8, 4) is 0 Å². The van der Waals surface area contributed by atoms with Gasteiger partial charge in [-0.3, -0.25) is 0 Å². The van der Waals surface area contributed by atoms with Gasteiger partial charge < -0.3 is 14.7 Å². The molecule has 0 N–H and O–H groups in total. The molecular formula is C9H19N3. The lowest BCUT2D eigenvalue weighted by Crippen LogP contribution is -2.37. The normalized spacial score (nSPS) is 22.9. The smallest absolute Gasteiger partial charge is 0.0975 e. The van der Waals surface area contributed by atoms with E-state index in [2.05, 4.69) is 55.2 Å². The molecule has 1 aliphatic heterocycles. The van der Waals surface area contributed by atoms with Gasteiger partial charge in [0.25, 0.3) is 0 Å². The second kappa shape index (κ2) is 3.81. The molecule has 0 radical (unpaired) electrons. The molecule has 0 saturated heterocycles. The van der Waals surface area contributed by atoms with Crippen molar-refractivity contribution in [2.75, 3.05) is 34.2 Å². The van der Waals surface area contributed by atoms with Gasteiger partial charge in [0, 0.05) is 32.5 Å². The average molecular weight is 169 g/mol. The van der Waals surface area contributed by atoms with Gasteiger partial charge in [-0.25, -0.2) is 0 Å². The first-order valence-corrected chi connectivity index (χ1v) is 4.42. The van der Waals surface area contributed by atoms with Crippen molar-refractivity contribution in [1.29, 1.82) is 0 Å². The molecule has 0 aromatic heterocycles. The van der Waals surface area contributed by atoms with Crippen molar-refractivity contribution in [2.24, 2.45) is 0 Å². The first kappa shape index (κ1) is 9.39. The summed E-state index contributed by atoms with van der Waals surface area (Å²) in [6.45, 7) is 4.44. The van der Waals surface area contributed by atoms with Crippen LogP contribution in [-0.4, -0.2) is 55.1 Å². The quantitative estimate of drug-likeness (QED) is 0.613. The molecule has 3 heteroatoms. The summed E-state index contributed by atoms with van der Waals surface area (Å²) < 4.78 is 0. The maximum absolute atomic E-state index is 2.35. The van der Waals surface area contributed by atoms with Gasteiger partial charge in [0.15, 0.2) is 0 Å². The Bertz CT molecular complexity index is 165. The minimum Gasteiger partial charge on any atom is -0.359 e. The molecule has 1 rings (SSSR count). The van der Waals surface area contributed by atoms with Crippen LogP contribution in [0.15, 0.2) is 12.4 Å². The summed E-state index contributed by atoms with van der Waals surface area (Å²) in [5, 5.41) is 0. The topological polar surface area (TPSA) is 9.72 Å². The average Bonchev–Trinajstić information content (AvgIpc) is 2.30. The lowest BCUT2D eigenvalue weighted by Gasteiger charge is -2.27. The first-order chi connectivity index (χ1) is 5.61. The van der Waals surface area contributed by atoms with Crippen LogP contribution in [0.5, 0.6) is 0 Å². The van der Waals surface area contributed by atoms with Gasteiger partial charge in [0.2, 0.25) is 0 Å². The molecular weight excluding hydrogens is 150 g/mol. The number of hydrogen-bond acceptors (Lipinski definition) is 3. The number of nitrogens with zero attached hydrogens (tertiary/aromatic N) is 3. The Morgan fingerprint density at radius 2 is 2.00 bits per heavy atom. The zero-order valence-electron chi connectivity index (χ0n) is 8.49. The third-order valence-electron chi connectivity index (χ3n) is 2.37. The lowest BCUT2D eigenvalue weighted by molar-refractivity contribution is 0.182. The molecule has 1 aliphatic rings. The maximum atomic E-state index is 2.35. The van der Waals surface area contributed by atoms with E-state index in [1.807, 2.05) is 0 Å². The standard InChI is InChI=1S/C9H19N3/c1-9-11(4)6-8-12(9)7-5-10(2)3/h6,8-9H,5,7H2,1-4H3. The van der Waals surface area contributed by atoms with E-state index in [1.165, 1.54) is 0 Å². The van der Waals surface area contributed by atoms with E-state index in [0.29, 0.717) is 6.17 Å². The van der Waals surface area contributed by atoms with Crippen LogP contribution in [0.4, 0.5) is 0 Å². The van der Waals surface area contributed by atoms with Crippen LogP contribution in [0.1, 0.15) is 6.92 Å². The predicted octanol–water partition coefficient (Wildman–Crippen LogP) is 0.613. The van der Waals surface area contributed by atoms with E-state index in [-0.39, 0.29) is 0 Å². The Kier molecular flexibility index (Phi) is 2.98. The van der Waals surface area contributed by atoms with Crippen LogP contribution in [0.3, 0.4) is 0 Å². The van der Waals surface area contributed by atoms with Crippen molar-refractivity contribution < 1.29 is 0 Å². The van der Waals surface area contributed by atoms with Crippen LogP contribution in [0.25, 0.3) is 0 Å². The van der Waals surface area contributed by atoms with E-state index in [4.69, 9.17) is 0 Å². The summed E-state index contributed by atoms with van der Waals surface area (Å²) in [5.41, 5.74) is 0. The van der Waals surface area contributed by atoms with E-state index < -0.39 is 0 Å². The monoisotopic (exact) mass is 169 g/mol. The molecule has 0 saturated carbocycles. The fourth-order valence-corrected chi connectivity index (χ4v) is 1.25. The fourth-order valence-electron chi connectivity index (χ4n) is 1.25. The number of likely N-dealkylation sites (N-methyl/N-ethyl adjacent to an activating group) is 1. The minimum absolute atomic E-state index is 0.518. The molecule has 0 fully saturated rings. The van der Waals surface area contributed by atoms with Crippen molar-refractivity contribution in [3.05, 3.63) is 12.4 Å². The van der Waals surface area contributed by atoms with Crippen molar-refractivity contribution in [3.63, 3.8) is 0 Å². The maximum Gasteiger partial charge on any atom is 0.0975 e. The summed E-state index contributed by atoms with van der Waals surface area (Å²) in [6.07, 6.45) is 4.80. The van der Waals surface area contributed by atoms with E-state index in [9.17, 15) is 0 Å². The fraction of sp³-hybridized carbons (Fsp3) is 0.778. The van der Waals surface area contributed by atoms with Crippen molar-refractivity contribution in [2.45, 2.75) is 13.1 Å². The highest BCUT2D eigenvalue weighted by Gasteiger charge is 2.17. The molecule has 0 bridgehead atoms. The van der Waals surface area contributed by atoms with Crippen LogP contribution < -0.4 is 0 Å². The van der Waals surface area contributed by atoms with E-state index >= 15 is 0 Å². The molecule has 1 unspecified atom stereocenters. The molecule has 70 valence electrons. The SMILES string of the molecule is CC1N(C)C=CN1CCN(C)C. The lowest BCUT2D eigenvalue weighted by atomic mass is 10.4. The van der Waals surface area contributed by atoms with Crippen molar-refractivity contribution in [1.82, 2.24) is 14.7 Å². The molecule has 0 aromatic carbocycles. The Labute approximate surface area is 75.2 Å². The third kappa shape index (κ3) is 2.14. The van der Waals surface area contributed by atoms with Gasteiger partial charge in [-0.05, 0) is 21.0 Å². The van der Waals surface area contributed by atoms with Crippen molar-refractivity contribution >= 4 is 0 Å².